The van der Waals surface area contributed by atoms with Gasteiger partial charge in [0.2, 0.25) is 5.91 Å². The molecule has 0 aromatic carbocycles. The molecule has 1 fully saturated rings. The lowest BCUT2D eigenvalue weighted by Gasteiger charge is -2.24. The van der Waals surface area contributed by atoms with Gasteiger partial charge in [-0.2, -0.15) is 12.6 Å². The minimum Gasteiger partial charge on any atom is -0.381 e. The molecule has 1 saturated heterocycles. The Labute approximate surface area is 91.2 Å². The van der Waals surface area contributed by atoms with Crippen LogP contribution < -0.4 is 0 Å². The van der Waals surface area contributed by atoms with Gasteiger partial charge in [0.25, 0.3) is 0 Å². The van der Waals surface area contributed by atoms with Crippen LogP contribution in [0.5, 0.6) is 0 Å². The van der Waals surface area contributed by atoms with Crippen LogP contribution in [0.4, 0.5) is 0 Å². The van der Waals surface area contributed by atoms with E-state index in [0.29, 0.717) is 5.75 Å². The maximum absolute atomic E-state index is 11.2. The second kappa shape index (κ2) is 6.30. The van der Waals surface area contributed by atoms with Crippen molar-refractivity contribution in [2.45, 2.75) is 19.3 Å². The number of nitrogens with zero attached hydrogens (tertiary/aromatic N) is 1. The van der Waals surface area contributed by atoms with Crippen LogP contribution in [0.1, 0.15) is 19.3 Å². The molecule has 3 nitrogen and oxygen atoms in total. The number of ether oxygens (including phenoxy) is 1. The zero-order valence-electron chi connectivity index (χ0n) is 8.74. The van der Waals surface area contributed by atoms with E-state index in [1.807, 2.05) is 7.05 Å². The Morgan fingerprint density at radius 2 is 2.14 bits per heavy atom. The summed E-state index contributed by atoms with van der Waals surface area (Å²) in [4.78, 5) is 13.0. The van der Waals surface area contributed by atoms with Crippen molar-refractivity contribution in [3.05, 3.63) is 0 Å². The number of amides is 1. The molecular weight excluding hydrogens is 198 g/mol. The third-order valence-electron chi connectivity index (χ3n) is 2.77. The van der Waals surface area contributed by atoms with E-state index >= 15 is 0 Å². The van der Waals surface area contributed by atoms with Crippen LogP contribution in [-0.2, 0) is 9.53 Å². The first-order chi connectivity index (χ1) is 6.74. The molecule has 1 aliphatic heterocycles. The highest BCUT2D eigenvalue weighted by Gasteiger charge is 2.15. The quantitative estimate of drug-likeness (QED) is 0.717. The smallest absolute Gasteiger partial charge is 0.232 e. The van der Waals surface area contributed by atoms with Crippen molar-refractivity contribution in [1.82, 2.24) is 4.90 Å². The third-order valence-corrected chi connectivity index (χ3v) is 3.05. The third kappa shape index (κ3) is 3.88. The number of carbonyl (C=O) groups excluding carboxylic acids is 1. The molecule has 0 unspecified atom stereocenters. The molecule has 0 aromatic heterocycles. The predicted molar refractivity (Wildman–Crippen MR) is 59.7 cm³/mol. The predicted octanol–water partition coefficient (Wildman–Crippen LogP) is 1.19. The number of carbonyl (C=O) groups is 1. The summed E-state index contributed by atoms with van der Waals surface area (Å²) < 4.78 is 5.28. The van der Waals surface area contributed by atoms with E-state index in [-0.39, 0.29) is 5.91 Å². The Bertz CT molecular complexity index is 181. The Morgan fingerprint density at radius 1 is 1.50 bits per heavy atom. The molecule has 1 aliphatic rings. The minimum absolute atomic E-state index is 0.111. The van der Waals surface area contributed by atoms with Crippen molar-refractivity contribution in [3.63, 3.8) is 0 Å². The first-order valence-electron chi connectivity index (χ1n) is 5.16. The van der Waals surface area contributed by atoms with Crippen LogP contribution in [0, 0.1) is 5.92 Å². The molecule has 14 heavy (non-hydrogen) atoms. The van der Waals surface area contributed by atoms with Crippen molar-refractivity contribution in [1.29, 1.82) is 0 Å². The highest BCUT2D eigenvalue weighted by Crippen LogP contribution is 2.18. The van der Waals surface area contributed by atoms with E-state index in [9.17, 15) is 4.79 Å². The maximum Gasteiger partial charge on any atom is 0.232 e. The van der Waals surface area contributed by atoms with Crippen molar-refractivity contribution in [2.75, 3.05) is 32.6 Å². The highest BCUT2D eigenvalue weighted by molar-refractivity contribution is 7.81. The summed E-state index contributed by atoms with van der Waals surface area (Å²) >= 11 is 3.96. The molecule has 82 valence electrons. The fourth-order valence-corrected chi connectivity index (χ4v) is 1.90. The lowest BCUT2D eigenvalue weighted by Crippen LogP contribution is -2.30. The summed E-state index contributed by atoms with van der Waals surface area (Å²) in [5.41, 5.74) is 0. The minimum atomic E-state index is 0.111. The average Bonchev–Trinajstić information content (AvgIpc) is 2.26. The molecule has 0 aliphatic carbocycles. The summed E-state index contributed by atoms with van der Waals surface area (Å²) in [5.74, 6) is 1.16. The SMILES string of the molecule is CN(CCC1CCOCC1)C(=O)CS. The van der Waals surface area contributed by atoms with Crippen LogP contribution >= 0.6 is 12.6 Å². The van der Waals surface area contributed by atoms with Crippen molar-refractivity contribution in [3.8, 4) is 0 Å². The second-order valence-electron chi connectivity index (χ2n) is 3.82. The van der Waals surface area contributed by atoms with Crippen LogP contribution in [-0.4, -0.2) is 43.4 Å². The molecule has 1 rings (SSSR count). The lowest BCUT2D eigenvalue weighted by atomic mass is 9.96. The van der Waals surface area contributed by atoms with Gasteiger partial charge < -0.3 is 9.64 Å². The summed E-state index contributed by atoms with van der Waals surface area (Å²) in [7, 11) is 1.85. The number of hydrogen-bond donors (Lipinski definition) is 1. The van der Waals surface area contributed by atoms with Gasteiger partial charge in [-0.3, -0.25) is 4.79 Å². The van der Waals surface area contributed by atoms with Gasteiger partial charge in [0, 0.05) is 26.8 Å². The molecule has 1 heterocycles. The summed E-state index contributed by atoms with van der Waals surface area (Å²) in [6.45, 7) is 2.62. The van der Waals surface area contributed by atoms with Gasteiger partial charge in [-0.05, 0) is 25.2 Å². The van der Waals surface area contributed by atoms with Gasteiger partial charge in [-0.15, -0.1) is 0 Å². The van der Waals surface area contributed by atoms with Crippen LogP contribution in [0.2, 0.25) is 0 Å². The van der Waals surface area contributed by atoms with E-state index in [0.717, 1.165) is 44.9 Å². The molecule has 0 bridgehead atoms. The van der Waals surface area contributed by atoms with Gasteiger partial charge in [-0.1, -0.05) is 0 Å². The lowest BCUT2D eigenvalue weighted by molar-refractivity contribution is -0.127. The van der Waals surface area contributed by atoms with Crippen molar-refractivity contribution >= 4 is 18.5 Å². The average molecular weight is 217 g/mol. The van der Waals surface area contributed by atoms with E-state index in [4.69, 9.17) is 4.74 Å². The molecule has 0 atom stereocenters. The van der Waals surface area contributed by atoms with E-state index in [2.05, 4.69) is 12.6 Å². The summed E-state index contributed by atoms with van der Waals surface area (Å²) in [6.07, 6.45) is 3.38. The van der Waals surface area contributed by atoms with Crippen LogP contribution in [0.25, 0.3) is 0 Å². The van der Waals surface area contributed by atoms with Gasteiger partial charge in [0.15, 0.2) is 0 Å². The first-order valence-corrected chi connectivity index (χ1v) is 5.80. The Hall–Kier alpha value is -0.220. The second-order valence-corrected chi connectivity index (χ2v) is 4.13. The largest absolute Gasteiger partial charge is 0.381 e. The van der Waals surface area contributed by atoms with Crippen molar-refractivity contribution in [2.24, 2.45) is 5.92 Å². The monoisotopic (exact) mass is 217 g/mol. The van der Waals surface area contributed by atoms with Crippen LogP contribution in [0.3, 0.4) is 0 Å². The molecule has 0 spiro atoms. The van der Waals surface area contributed by atoms with Gasteiger partial charge >= 0.3 is 0 Å². The summed E-state index contributed by atoms with van der Waals surface area (Å²) in [6, 6.07) is 0. The Kier molecular flexibility index (Phi) is 5.33. The van der Waals surface area contributed by atoms with Gasteiger partial charge in [0.1, 0.15) is 0 Å². The zero-order chi connectivity index (χ0) is 10.4. The van der Waals surface area contributed by atoms with Gasteiger partial charge in [-0.25, -0.2) is 0 Å². The standard InChI is InChI=1S/C10H19NO2S/c1-11(10(12)8-14)5-2-9-3-6-13-7-4-9/h9,14H,2-8H2,1H3. The normalized spacial score (nSPS) is 18.1. The molecular formula is C10H19NO2S. The molecule has 0 N–H and O–H groups in total. The number of hydrogen-bond acceptors (Lipinski definition) is 3. The topological polar surface area (TPSA) is 29.5 Å². The molecule has 0 aromatic rings. The Morgan fingerprint density at radius 3 is 2.71 bits per heavy atom. The fraction of sp³-hybridized carbons (Fsp3) is 0.900. The zero-order valence-corrected chi connectivity index (χ0v) is 9.63. The first kappa shape index (κ1) is 11.9. The van der Waals surface area contributed by atoms with E-state index in [1.165, 1.54) is 0 Å². The molecule has 4 heteroatoms. The number of rotatable bonds is 4. The van der Waals surface area contributed by atoms with E-state index < -0.39 is 0 Å². The molecule has 1 amide bonds. The number of thiol groups is 1. The highest BCUT2D eigenvalue weighted by atomic mass is 32.1. The molecule has 0 radical (unpaired) electrons. The van der Waals surface area contributed by atoms with Crippen molar-refractivity contribution < 1.29 is 9.53 Å². The van der Waals surface area contributed by atoms with E-state index in [1.54, 1.807) is 4.90 Å². The maximum atomic E-state index is 11.2. The summed E-state index contributed by atoms with van der Waals surface area (Å²) in [5, 5.41) is 0. The van der Waals surface area contributed by atoms with Gasteiger partial charge in [0.05, 0.1) is 5.75 Å². The Balaban J connectivity index is 2.15. The molecule has 0 saturated carbocycles. The fourth-order valence-electron chi connectivity index (χ4n) is 1.66. The van der Waals surface area contributed by atoms with Crippen LogP contribution in [0.15, 0.2) is 0 Å².